The van der Waals surface area contributed by atoms with Crippen LogP contribution in [0.2, 0.25) is 5.02 Å². The summed E-state index contributed by atoms with van der Waals surface area (Å²) in [5, 5.41) is 30.9. The number of nitriles is 1. The number of benzene rings is 1. The van der Waals surface area contributed by atoms with Crippen LogP contribution in [0.15, 0.2) is 24.4 Å². The number of hydrogen-bond acceptors (Lipinski definition) is 5. The summed E-state index contributed by atoms with van der Waals surface area (Å²) >= 11 is 6.04. The van der Waals surface area contributed by atoms with E-state index in [4.69, 9.17) is 11.6 Å². The van der Waals surface area contributed by atoms with E-state index >= 15 is 0 Å². The summed E-state index contributed by atoms with van der Waals surface area (Å²) < 4.78 is 0. The highest BCUT2D eigenvalue weighted by Gasteiger charge is 2.37. The molecule has 1 saturated heterocycles. The molecule has 108 valence electrons. The Kier molecular flexibility index (Phi) is 3.53. The Morgan fingerprint density at radius 2 is 2.33 bits per heavy atom. The molecule has 1 aromatic carbocycles. The number of aromatic nitrogens is 3. The minimum Gasteiger partial charge on any atom is -0.382 e. The maximum Gasteiger partial charge on any atom is 0.127 e. The molecule has 0 radical (unpaired) electrons. The lowest BCUT2D eigenvalue weighted by atomic mass is 9.89. The second-order valence-corrected chi connectivity index (χ2v) is 5.62. The van der Waals surface area contributed by atoms with E-state index < -0.39 is 5.60 Å². The zero-order valence-corrected chi connectivity index (χ0v) is 12.0. The molecule has 0 saturated carbocycles. The molecule has 2 N–H and O–H groups in total. The van der Waals surface area contributed by atoms with E-state index in [2.05, 4.69) is 21.5 Å². The van der Waals surface area contributed by atoms with Gasteiger partial charge in [-0.2, -0.15) is 20.7 Å². The van der Waals surface area contributed by atoms with Crippen LogP contribution in [0.25, 0.3) is 0 Å². The molecule has 0 spiro atoms. The molecule has 21 heavy (non-hydrogen) atoms. The Labute approximate surface area is 127 Å². The number of hydrogen-bond donors (Lipinski definition) is 2. The molecule has 0 amide bonds. The van der Waals surface area contributed by atoms with Crippen molar-refractivity contribution in [2.45, 2.75) is 18.4 Å². The smallest absolute Gasteiger partial charge is 0.127 e. The maximum atomic E-state index is 10.8. The van der Waals surface area contributed by atoms with Crippen LogP contribution in [-0.2, 0) is 5.60 Å². The highest BCUT2D eigenvalue weighted by molar-refractivity contribution is 6.30. The quantitative estimate of drug-likeness (QED) is 0.883. The number of rotatable bonds is 2. The first-order valence-electron chi connectivity index (χ1n) is 6.66. The van der Waals surface area contributed by atoms with E-state index in [1.165, 1.54) is 6.20 Å². The number of nitrogens with zero attached hydrogens (tertiary/aromatic N) is 4. The highest BCUT2D eigenvalue weighted by Crippen LogP contribution is 2.34. The van der Waals surface area contributed by atoms with Crippen LogP contribution in [0, 0.1) is 11.3 Å². The largest absolute Gasteiger partial charge is 0.382 e. The first kappa shape index (κ1) is 13.9. The molecule has 0 aliphatic carbocycles. The first-order valence-corrected chi connectivity index (χ1v) is 7.03. The van der Waals surface area contributed by atoms with Crippen molar-refractivity contribution in [1.82, 2.24) is 15.4 Å². The van der Waals surface area contributed by atoms with E-state index in [0.717, 1.165) is 18.7 Å². The molecule has 6 nitrogen and oxygen atoms in total. The number of nitrogens with one attached hydrogen (secondary N) is 1. The molecule has 3 rings (SSSR count). The molecule has 1 aliphatic rings. The van der Waals surface area contributed by atoms with Crippen LogP contribution in [-0.4, -0.2) is 33.6 Å². The molecular formula is C14H14ClN5O. The Bertz CT molecular complexity index is 681. The van der Waals surface area contributed by atoms with Crippen molar-refractivity contribution in [3.05, 3.63) is 40.7 Å². The normalized spacial score (nSPS) is 22.0. The van der Waals surface area contributed by atoms with Gasteiger partial charge in [-0.3, -0.25) is 0 Å². The van der Waals surface area contributed by atoms with Crippen LogP contribution in [0.3, 0.4) is 0 Å². The topological polar surface area (TPSA) is 88.8 Å². The van der Waals surface area contributed by atoms with E-state index in [9.17, 15) is 10.4 Å². The fourth-order valence-electron chi connectivity index (χ4n) is 2.74. The molecule has 1 aromatic heterocycles. The third-order valence-electron chi connectivity index (χ3n) is 3.78. The second-order valence-electron chi connectivity index (χ2n) is 5.19. The van der Waals surface area contributed by atoms with Gasteiger partial charge in [0.2, 0.25) is 0 Å². The van der Waals surface area contributed by atoms with Gasteiger partial charge in [-0.05, 0) is 31.0 Å². The number of aliphatic hydroxyl groups is 1. The molecular weight excluding hydrogens is 290 g/mol. The monoisotopic (exact) mass is 303 g/mol. The van der Waals surface area contributed by atoms with Gasteiger partial charge < -0.3 is 10.0 Å². The average Bonchev–Trinajstić information content (AvgIpc) is 3.02. The molecule has 1 fully saturated rings. The Morgan fingerprint density at radius 1 is 1.48 bits per heavy atom. The Morgan fingerprint density at radius 3 is 3.05 bits per heavy atom. The second kappa shape index (κ2) is 5.35. The summed E-state index contributed by atoms with van der Waals surface area (Å²) in [4.78, 5) is 1.97. The van der Waals surface area contributed by atoms with Crippen LogP contribution < -0.4 is 4.90 Å². The lowest BCUT2D eigenvalue weighted by Gasteiger charge is -2.39. The predicted molar refractivity (Wildman–Crippen MR) is 77.9 cm³/mol. The molecule has 1 atom stereocenters. The van der Waals surface area contributed by atoms with Crippen molar-refractivity contribution < 1.29 is 5.11 Å². The predicted octanol–water partition coefficient (Wildman–Crippen LogP) is 1.82. The number of β-amino-alcohol motifs (C(OH)–C–C–N with tert-alkyl or cyclic N) is 1. The standard InChI is InChI=1S/C14H14ClN5O/c15-11-3-2-10(7-16)12(6-11)20-5-1-4-14(21,9-20)13-8-17-19-18-13/h2-3,6,8,21H,1,4-5,9H2,(H,17,18,19). The van der Waals surface area contributed by atoms with Gasteiger partial charge in [0.25, 0.3) is 0 Å². The van der Waals surface area contributed by atoms with Crippen molar-refractivity contribution in [2.24, 2.45) is 0 Å². The molecule has 1 unspecified atom stereocenters. The number of piperidine rings is 1. The van der Waals surface area contributed by atoms with Gasteiger partial charge in [-0.1, -0.05) is 11.6 Å². The van der Waals surface area contributed by atoms with Gasteiger partial charge in [0, 0.05) is 11.6 Å². The fraction of sp³-hybridized carbons (Fsp3) is 0.357. The minimum atomic E-state index is -1.07. The van der Waals surface area contributed by atoms with Gasteiger partial charge in [0.1, 0.15) is 17.4 Å². The summed E-state index contributed by atoms with van der Waals surface area (Å²) in [7, 11) is 0. The van der Waals surface area contributed by atoms with Crippen molar-refractivity contribution in [1.29, 1.82) is 5.26 Å². The fourth-order valence-corrected chi connectivity index (χ4v) is 2.90. The number of aromatic amines is 1. The lowest BCUT2D eigenvalue weighted by Crippen LogP contribution is -2.46. The van der Waals surface area contributed by atoms with Crippen molar-refractivity contribution in [2.75, 3.05) is 18.0 Å². The van der Waals surface area contributed by atoms with E-state index in [1.807, 2.05) is 4.90 Å². The summed E-state index contributed by atoms with van der Waals surface area (Å²) in [6.45, 7) is 1.11. The molecule has 2 heterocycles. The number of anilines is 1. The zero-order chi connectivity index (χ0) is 14.9. The maximum absolute atomic E-state index is 10.8. The summed E-state index contributed by atoms with van der Waals surface area (Å²) in [6, 6.07) is 7.31. The van der Waals surface area contributed by atoms with E-state index in [-0.39, 0.29) is 0 Å². The Hall–Kier alpha value is -2.10. The summed E-state index contributed by atoms with van der Waals surface area (Å²) in [5.74, 6) is 0. The van der Waals surface area contributed by atoms with Gasteiger partial charge in [-0.15, -0.1) is 0 Å². The lowest BCUT2D eigenvalue weighted by molar-refractivity contribution is 0.0177. The van der Waals surface area contributed by atoms with Crippen LogP contribution >= 0.6 is 11.6 Å². The van der Waals surface area contributed by atoms with Crippen LogP contribution in [0.5, 0.6) is 0 Å². The number of H-pyrrole nitrogens is 1. The molecule has 1 aliphatic heterocycles. The SMILES string of the molecule is N#Cc1ccc(Cl)cc1N1CCCC(O)(c2cn[nH]n2)C1. The van der Waals surface area contributed by atoms with Crippen molar-refractivity contribution in [3.63, 3.8) is 0 Å². The Balaban J connectivity index is 1.94. The van der Waals surface area contributed by atoms with Crippen molar-refractivity contribution >= 4 is 17.3 Å². The zero-order valence-electron chi connectivity index (χ0n) is 11.3. The van der Waals surface area contributed by atoms with Crippen molar-refractivity contribution in [3.8, 4) is 6.07 Å². The van der Waals surface area contributed by atoms with Crippen LogP contribution in [0.1, 0.15) is 24.1 Å². The van der Waals surface area contributed by atoms with Gasteiger partial charge >= 0.3 is 0 Å². The molecule has 7 heteroatoms. The van der Waals surface area contributed by atoms with Gasteiger partial charge in [0.05, 0.1) is 24.0 Å². The van der Waals surface area contributed by atoms with Gasteiger partial charge in [-0.25, -0.2) is 0 Å². The third kappa shape index (κ3) is 2.58. The first-order chi connectivity index (χ1) is 10.1. The summed E-state index contributed by atoms with van der Waals surface area (Å²) in [5.41, 5.74) is 0.739. The van der Waals surface area contributed by atoms with E-state index in [1.54, 1.807) is 18.2 Å². The molecule has 2 aromatic rings. The average molecular weight is 304 g/mol. The van der Waals surface area contributed by atoms with E-state index in [0.29, 0.717) is 29.2 Å². The molecule has 0 bridgehead atoms. The number of halogens is 1. The highest BCUT2D eigenvalue weighted by atomic mass is 35.5. The van der Waals surface area contributed by atoms with Crippen LogP contribution in [0.4, 0.5) is 5.69 Å². The summed E-state index contributed by atoms with van der Waals surface area (Å²) in [6.07, 6.45) is 2.94. The third-order valence-corrected chi connectivity index (χ3v) is 4.02. The van der Waals surface area contributed by atoms with Gasteiger partial charge in [0.15, 0.2) is 0 Å². The minimum absolute atomic E-state index is 0.356.